The predicted octanol–water partition coefficient (Wildman–Crippen LogP) is 4.42. The van der Waals surface area contributed by atoms with Crippen LogP contribution in [0.1, 0.15) is 69.1 Å². The molecule has 1 unspecified atom stereocenters. The number of benzene rings is 1. The first kappa shape index (κ1) is 23.3. The largest absolute Gasteiger partial charge is 0.381 e. The molecule has 1 aromatic carbocycles. The smallest absolute Gasteiger partial charge is 0.253 e. The van der Waals surface area contributed by atoms with Crippen molar-refractivity contribution in [2.75, 3.05) is 13.2 Å². The first-order valence-corrected chi connectivity index (χ1v) is 13.4. The van der Waals surface area contributed by atoms with Crippen LogP contribution in [0.15, 0.2) is 41.6 Å². The van der Waals surface area contributed by atoms with E-state index >= 15 is 0 Å². The molecule has 0 radical (unpaired) electrons. The van der Waals surface area contributed by atoms with Crippen LogP contribution in [0.4, 0.5) is 0 Å². The Balaban J connectivity index is 1.41. The second kappa shape index (κ2) is 9.30. The summed E-state index contributed by atoms with van der Waals surface area (Å²) in [5.41, 5.74) is 2.37. The van der Waals surface area contributed by atoms with Gasteiger partial charge >= 0.3 is 0 Å². The van der Waals surface area contributed by atoms with Gasteiger partial charge in [0.25, 0.3) is 5.91 Å². The van der Waals surface area contributed by atoms with E-state index in [9.17, 15) is 9.00 Å². The van der Waals surface area contributed by atoms with E-state index in [0.717, 1.165) is 62.3 Å². The van der Waals surface area contributed by atoms with Gasteiger partial charge in [0.1, 0.15) is 5.82 Å². The van der Waals surface area contributed by atoms with Gasteiger partial charge in [-0.3, -0.25) is 8.77 Å². The van der Waals surface area contributed by atoms with Crippen LogP contribution >= 0.6 is 0 Å². The third-order valence-corrected chi connectivity index (χ3v) is 8.20. The summed E-state index contributed by atoms with van der Waals surface area (Å²) in [4.78, 5) is 18.1. The minimum atomic E-state index is -1.45. The molecule has 1 aliphatic heterocycles. The quantitative estimate of drug-likeness (QED) is 0.564. The maximum Gasteiger partial charge on any atom is 0.253 e. The number of carbonyl (C=O) groups excluding carboxylic acids is 1. The second-order valence-electron chi connectivity index (χ2n) is 10.6. The summed E-state index contributed by atoms with van der Waals surface area (Å²) in [6.45, 7) is 9.12. The minimum absolute atomic E-state index is 0.0995. The summed E-state index contributed by atoms with van der Waals surface area (Å²) in [7, 11) is -1.45. The summed E-state index contributed by atoms with van der Waals surface area (Å²) in [6, 6.07) is 7.89. The van der Waals surface area contributed by atoms with Crippen LogP contribution in [0.5, 0.6) is 0 Å². The van der Waals surface area contributed by atoms with Crippen molar-refractivity contribution in [3.63, 3.8) is 0 Å². The Kier molecular flexibility index (Phi) is 6.37. The molecule has 34 heavy (non-hydrogen) atoms. The molecule has 5 rings (SSSR count). The first-order valence-electron chi connectivity index (χ1n) is 12.3. The summed E-state index contributed by atoms with van der Waals surface area (Å²) in [5.74, 6) is 1.52. The van der Waals surface area contributed by atoms with E-state index in [2.05, 4.69) is 30.7 Å². The number of nitrogens with zero attached hydrogens (tertiary/aromatic N) is 3. The van der Waals surface area contributed by atoms with Gasteiger partial charge in [0, 0.05) is 43.6 Å². The first-order chi connectivity index (χ1) is 16.3. The van der Waals surface area contributed by atoms with E-state index in [4.69, 9.17) is 9.72 Å². The standard InChI is InChI=1S/C26H34N4O3S/c1-26(2,3)25-28-22-15-21(7-8-23(22)30(25)16-18-10-13-33-14-11-18)34(32)29-12-9-19(17-29)24(31)27-20-5-4-6-20/h7-9,12,15,17-18,20H,4-6,10-11,13-14,16H2,1-3H3,(H,27,31). The summed E-state index contributed by atoms with van der Waals surface area (Å²) in [6.07, 6.45) is 8.75. The van der Waals surface area contributed by atoms with Crippen LogP contribution < -0.4 is 5.32 Å². The molecule has 1 saturated heterocycles. The van der Waals surface area contributed by atoms with E-state index in [1.54, 1.807) is 22.4 Å². The second-order valence-corrected chi connectivity index (χ2v) is 12.0. The highest BCUT2D eigenvalue weighted by Gasteiger charge is 2.26. The fraction of sp³-hybridized carbons (Fsp3) is 0.538. The average Bonchev–Trinajstić information content (AvgIpc) is 3.41. The summed E-state index contributed by atoms with van der Waals surface area (Å²) >= 11 is 0. The van der Waals surface area contributed by atoms with Gasteiger partial charge in [-0.15, -0.1) is 0 Å². The van der Waals surface area contributed by atoms with Gasteiger partial charge in [-0.25, -0.2) is 9.19 Å². The Morgan fingerprint density at radius 3 is 2.62 bits per heavy atom. The summed E-state index contributed by atoms with van der Waals surface area (Å²) < 4.78 is 22.8. The number of hydrogen-bond donors (Lipinski definition) is 1. The molecule has 1 aliphatic carbocycles. The van der Waals surface area contributed by atoms with Gasteiger partial charge in [-0.2, -0.15) is 0 Å². The monoisotopic (exact) mass is 482 g/mol. The third kappa shape index (κ3) is 4.70. The van der Waals surface area contributed by atoms with Gasteiger partial charge < -0.3 is 14.6 Å². The van der Waals surface area contributed by atoms with E-state index in [1.807, 2.05) is 18.2 Å². The van der Waals surface area contributed by atoms with Gasteiger partial charge in [0.2, 0.25) is 0 Å². The highest BCUT2D eigenvalue weighted by atomic mass is 32.2. The van der Waals surface area contributed by atoms with Crippen molar-refractivity contribution >= 4 is 27.9 Å². The van der Waals surface area contributed by atoms with Crippen molar-refractivity contribution in [2.24, 2.45) is 5.92 Å². The Hall–Kier alpha value is -2.45. The van der Waals surface area contributed by atoms with Crippen LogP contribution in [-0.4, -0.2) is 42.9 Å². The Bertz CT molecular complexity index is 1210. The van der Waals surface area contributed by atoms with Crippen molar-refractivity contribution < 1.29 is 13.7 Å². The fourth-order valence-corrected chi connectivity index (χ4v) is 5.74. The fourth-order valence-electron chi connectivity index (χ4n) is 4.72. The predicted molar refractivity (Wildman–Crippen MR) is 133 cm³/mol. The van der Waals surface area contributed by atoms with Crippen LogP contribution in [0.3, 0.4) is 0 Å². The lowest BCUT2D eigenvalue weighted by atomic mass is 9.93. The molecule has 1 amide bonds. The Morgan fingerprint density at radius 2 is 1.94 bits per heavy atom. The van der Waals surface area contributed by atoms with E-state index in [1.165, 1.54) is 6.42 Å². The van der Waals surface area contributed by atoms with E-state index < -0.39 is 11.0 Å². The maximum atomic E-state index is 13.3. The van der Waals surface area contributed by atoms with Crippen molar-refractivity contribution in [1.29, 1.82) is 0 Å². The Morgan fingerprint density at radius 1 is 1.18 bits per heavy atom. The zero-order valence-corrected chi connectivity index (χ0v) is 21.1. The van der Waals surface area contributed by atoms with E-state index in [-0.39, 0.29) is 17.4 Å². The molecule has 2 fully saturated rings. The zero-order valence-electron chi connectivity index (χ0n) is 20.3. The van der Waals surface area contributed by atoms with Crippen LogP contribution in [0.2, 0.25) is 0 Å². The molecular formula is C26H34N4O3S. The SMILES string of the molecule is CC(C)(C)c1nc2cc(S(=O)n3ccc(C(=O)NC4CCC4)c3)ccc2n1CC1CCOCC1. The average molecular weight is 483 g/mol. The number of nitrogens with one attached hydrogen (secondary N) is 1. The number of aromatic nitrogens is 3. The molecule has 3 heterocycles. The minimum Gasteiger partial charge on any atom is -0.381 e. The molecule has 1 saturated carbocycles. The van der Waals surface area contributed by atoms with Crippen LogP contribution in [-0.2, 0) is 27.7 Å². The van der Waals surface area contributed by atoms with Crippen molar-refractivity contribution in [3.05, 3.63) is 48.0 Å². The normalized spacial score (nSPS) is 18.7. The van der Waals surface area contributed by atoms with Gasteiger partial charge in [-0.05, 0) is 62.3 Å². The number of ether oxygens (including phenoxy) is 1. The molecule has 8 heteroatoms. The van der Waals surface area contributed by atoms with Gasteiger partial charge in [-0.1, -0.05) is 20.8 Å². The van der Waals surface area contributed by atoms with Crippen molar-refractivity contribution in [3.8, 4) is 0 Å². The molecule has 182 valence electrons. The lowest BCUT2D eigenvalue weighted by Crippen LogP contribution is -2.39. The van der Waals surface area contributed by atoms with Gasteiger partial charge in [0.15, 0.2) is 11.0 Å². The molecule has 1 atom stereocenters. The van der Waals surface area contributed by atoms with E-state index in [0.29, 0.717) is 16.4 Å². The van der Waals surface area contributed by atoms with Crippen molar-refractivity contribution in [1.82, 2.24) is 18.8 Å². The maximum absolute atomic E-state index is 13.3. The number of amides is 1. The van der Waals surface area contributed by atoms with Crippen LogP contribution in [0, 0.1) is 5.92 Å². The highest BCUT2D eigenvalue weighted by molar-refractivity contribution is 7.83. The highest BCUT2D eigenvalue weighted by Crippen LogP contribution is 2.30. The summed E-state index contributed by atoms with van der Waals surface area (Å²) in [5, 5.41) is 3.03. The molecule has 2 aliphatic rings. The molecule has 7 nitrogen and oxygen atoms in total. The molecule has 0 spiro atoms. The number of imidazole rings is 1. The number of carbonyl (C=O) groups is 1. The van der Waals surface area contributed by atoms with Crippen LogP contribution in [0.25, 0.3) is 11.0 Å². The number of hydrogen-bond acceptors (Lipinski definition) is 4. The molecule has 2 aromatic heterocycles. The Labute approximate surface area is 203 Å². The molecule has 3 aromatic rings. The van der Waals surface area contributed by atoms with Gasteiger partial charge in [0.05, 0.1) is 21.5 Å². The third-order valence-electron chi connectivity index (χ3n) is 6.94. The molecule has 0 bridgehead atoms. The number of rotatable bonds is 6. The molecule has 1 N–H and O–H groups in total. The lowest BCUT2D eigenvalue weighted by molar-refractivity contribution is 0.0611. The topological polar surface area (TPSA) is 78.2 Å². The zero-order chi connectivity index (χ0) is 23.9. The van der Waals surface area contributed by atoms with Crippen molar-refractivity contribution in [2.45, 2.75) is 75.8 Å². The molecular weight excluding hydrogens is 448 g/mol. The number of fused-ring (bicyclic) bond motifs is 1. The lowest BCUT2D eigenvalue weighted by Gasteiger charge is -2.26.